The van der Waals surface area contributed by atoms with Gasteiger partial charge in [-0.2, -0.15) is 0 Å². The monoisotopic (exact) mass is 453 g/mol. The lowest BCUT2D eigenvalue weighted by Gasteiger charge is -2.42. The maximum absolute atomic E-state index is 12.7. The standard InChI is InChI=1S/C24H39NO7/c1-8-15(4)18(21(26)29-7)25-22(27)31-16-11-12-24(13-30-24)20(19(16)28-6)23(5)17(32-23)10-9-14(2)3/h9,15-20H,8,10-13H2,1-7H3,(H,25,27)/t15?,16-,17-,18?,19+,20-,23+,24+/m1/s1. The van der Waals surface area contributed by atoms with Crippen LogP contribution in [0.2, 0.25) is 0 Å². The van der Waals surface area contributed by atoms with Gasteiger partial charge in [0.2, 0.25) is 0 Å². The number of methoxy groups -OCH3 is 2. The van der Waals surface area contributed by atoms with Crippen LogP contribution in [0.25, 0.3) is 0 Å². The SMILES string of the molecule is CCC(C)C(NC(=O)O[C@@H]1CC[C@]2(CO2)[C@@H]([C@@]2(C)O[C@@H]2CC=C(C)C)[C@H]1OC)C(=O)OC. The first-order chi connectivity index (χ1) is 15.1. The predicted octanol–water partition coefficient (Wildman–Crippen LogP) is 3.38. The van der Waals surface area contributed by atoms with Crippen molar-refractivity contribution in [3.8, 4) is 0 Å². The molecule has 182 valence electrons. The quantitative estimate of drug-likeness (QED) is 0.325. The van der Waals surface area contributed by atoms with Gasteiger partial charge in [0.1, 0.15) is 29.5 Å². The largest absolute Gasteiger partial charge is 0.467 e. The molecule has 8 nitrogen and oxygen atoms in total. The number of alkyl carbamates (subject to hydrolysis) is 1. The van der Waals surface area contributed by atoms with E-state index in [0.29, 0.717) is 13.0 Å². The Morgan fingerprint density at radius 2 is 1.97 bits per heavy atom. The van der Waals surface area contributed by atoms with Crippen LogP contribution in [0.3, 0.4) is 0 Å². The smallest absolute Gasteiger partial charge is 0.408 e. The van der Waals surface area contributed by atoms with E-state index in [1.807, 2.05) is 13.8 Å². The van der Waals surface area contributed by atoms with E-state index in [0.717, 1.165) is 19.3 Å². The number of carbonyl (C=O) groups excluding carboxylic acids is 2. The molecule has 3 fully saturated rings. The van der Waals surface area contributed by atoms with E-state index >= 15 is 0 Å². The van der Waals surface area contributed by atoms with Gasteiger partial charge in [0.25, 0.3) is 0 Å². The number of epoxide rings is 2. The second kappa shape index (κ2) is 9.69. The number of hydrogen-bond acceptors (Lipinski definition) is 7. The summed E-state index contributed by atoms with van der Waals surface area (Å²) in [4.78, 5) is 24.9. The summed E-state index contributed by atoms with van der Waals surface area (Å²) in [5.74, 6) is -0.606. The highest BCUT2D eigenvalue weighted by Gasteiger charge is 2.72. The zero-order valence-corrected chi connectivity index (χ0v) is 20.4. The molecule has 0 radical (unpaired) electrons. The molecular weight excluding hydrogens is 414 g/mol. The molecule has 0 bridgehead atoms. The molecular formula is C24H39NO7. The number of amides is 1. The van der Waals surface area contributed by atoms with Gasteiger partial charge in [-0.3, -0.25) is 0 Å². The lowest BCUT2D eigenvalue weighted by Crippen LogP contribution is -2.56. The second-order valence-corrected chi connectivity index (χ2v) is 9.85. The van der Waals surface area contributed by atoms with Crippen molar-refractivity contribution in [1.82, 2.24) is 5.32 Å². The van der Waals surface area contributed by atoms with Crippen LogP contribution in [0.5, 0.6) is 0 Å². The summed E-state index contributed by atoms with van der Waals surface area (Å²) < 4.78 is 28.7. The summed E-state index contributed by atoms with van der Waals surface area (Å²) in [5.41, 5.74) is 0.579. The van der Waals surface area contributed by atoms with Gasteiger partial charge in [-0.15, -0.1) is 0 Å². The minimum atomic E-state index is -0.756. The Kier molecular flexibility index (Phi) is 7.57. The predicted molar refractivity (Wildman–Crippen MR) is 118 cm³/mol. The molecule has 3 aliphatic rings. The van der Waals surface area contributed by atoms with Crippen molar-refractivity contribution in [3.63, 3.8) is 0 Å². The van der Waals surface area contributed by atoms with Crippen molar-refractivity contribution in [2.75, 3.05) is 20.8 Å². The molecule has 1 N–H and O–H groups in total. The summed E-state index contributed by atoms with van der Waals surface area (Å²) in [6, 6.07) is -0.756. The lowest BCUT2D eigenvalue weighted by molar-refractivity contribution is -0.144. The van der Waals surface area contributed by atoms with Crippen molar-refractivity contribution < 1.29 is 33.3 Å². The molecule has 1 aliphatic carbocycles. The fourth-order valence-electron chi connectivity index (χ4n) is 5.16. The zero-order valence-electron chi connectivity index (χ0n) is 20.4. The molecule has 8 atom stereocenters. The first-order valence-electron chi connectivity index (χ1n) is 11.6. The second-order valence-electron chi connectivity index (χ2n) is 9.85. The minimum absolute atomic E-state index is 0.0481. The summed E-state index contributed by atoms with van der Waals surface area (Å²) in [5, 5.41) is 2.70. The van der Waals surface area contributed by atoms with Crippen LogP contribution in [0.1, 0.15) is 60.3 Å². The average Bonchev–Trinajstić information content (AvgIpc) is 3.67. The molecule has 0 aromatic heterocycles. The summed E-state index contributed by atoms with van der Waals surface area (Å²) in [7, 11) is 2.95. The molecule has 1 amide bonds. The molecule has 1 spiro atoms. The van der Waals surface area contributed by atoms with Crippen LogP contribution >= 0.6 is 0 Å². The molecule has 32 heavy (non-hydrogen) atoms. The topological polar surface area (TPSA) is 98.9 Å². The normalized spacial score (nSPS) is 37.2. The Morgan fingerprint density at radius 3 is 2.50 bits per heavy atom. The van der Waals surface area contributed by atoms with Gasteiger partial charge in [-0.05, 0) is 46.0 Å². The van der Waals surface area contributed by atoms with Crippen LogP contribution < -0.4 is 5.32 Å². The van der Waals surface area contributed by atoms with E-state index in [1.165, 1.54) is 12.7 Å². The van der Waals surface area contributed by atoms with Gasteiger partial charge < -0.3 is 29.0 Å². The highest BCUT2D eigenvalue weighted by Crippen LogP contribution is 2.59. The lowest BCUT2D eigenvalue weighted by atomic mass is 9.68. The maximum atomic E-state index is 12.7. The fourth-order valence-corrected chi connectivity index (χ4v) is 5.16. The molecule has 8 heteroatoms. The van der Waals surface area contributed by atoms with E-state index in [1.54, 1.807) is 7.11 Å². The van der Waals surface area contributed by atoms with E-state index in [4.69, 9.17) is 23.7 Å². The number of hydrogen-bond donors (Lipinski definition) is 1. The molecule has 2 aliphatic heterocycles. The van der Waals surface area contributed by atoms with E-state index < -0.39 is 29.8 Å². The van der Waals surface area contributed by atoms with Crippen LogP contribution in [0.15, 0.2) is 11.6 Å². The molecule has 2 saturated heterocycles. The molecule has 1 saturated carbocycles. The number of esters is 1. The molecule has 2 unspecified atom stereocenters. The fraction of sp³-hybridized carbons (Fsp3) is 0.833. The number of carbonyl (C=O) groups is 2. The number of ether oxygens (including phenoxy) is 5. The Morgan fingerprint density at radius 1 is 1.28 bits per heavy atom. The summed E-state index contributed by atoms with van der Waals surface area (Å²) in [6.07, 6.45) is 3.77. The van der Waals surface area contributed by atoms with Crippen LogP contribution in [0, 0.1) is 11.8 Å². The zero-order chi connectivity index (χ0) is 23.7. The number of allylic oxidation sites excluding steroid dienone is 1. The number of rotatable bonds is 9. The third kappa shape index (κ3) is 4.97. The third-order valence-corrected chi connectivity index (χ3v) is 7.44. The Bertz CT molecular complexity index is 730. The first kappa shape index (κ1) is 25.0. The molecule has 0 aromatic carbocycles. The summed E-state index contributed by atoms with van der Waals surface area (Å²) >= 11 is 0. The van der Waals surface area contributed by atoms with Crippen LogP contribution in [0.4, 0.5) is 4.79 Å². The summed E-state index contributed by atoms with van der Waals surface area (Å²) in [6.45, 7) is 10.8. The van der Waals surface area contributed by atoms with Crippen molar-refractivity contribution in [2.24, 2.45) is 11.8 Å². The molecule has 2 heterocycles. The van der Waals surface area contributed by atoms with Crippen molar-refractivity contribution in [3.05, 3.63) is 11.6 Å². The van der Waals surface area contributed by atoms with E-state index in [-0.39, 0.29) is 29.6 Å². The third-order valence-electron chi connectivity index (χ3n) is 7.44. The Hall–Kier alpha value is -1.64. The average molecular weight is 454 g/mol. The van der Waals surface area contributed by atoms with Crippen LogP contribution in [-0.4, -0.2) is 68.4 Å². The molecule has 0 aromatic rings. The van der Waals surface area contributed by atoms with Gasteiger partial charge in [0, 0.05) is 7.11 Å². The van der Waals surface area contributed by atoms with E-state index in [9.17, 15) is 9.59 Å². The van der Waals surface area contributed by atoms with Crippen LogP contribution in [-0.2, 0) is 28.5 Å². The Balaban J connectivity index is 1.71. The van der Waals surface area contributed by atoms with Crippen molar-refractivity contribution >= 4 is 12.1 Å². The highest BCUT2D eigenvalue weighted by molar-refractivity contribution is 5.81. The van der Waals surface area contributed by atoms with Crippen molar-refractivity contribution in [1.29, 1.82) is 0 Å². The number of nitrogens with one attached hydrogen (secondary N) is 1. The van der Waals surface area contributed by atoms with Gasteiger partial charge in [0.05, 0.1) is 25.7 Å². The Labute approximate surface area is 191 Å². The van der Waals surface area contributed by atoms with E-state index in [2.05, 4.69) is 32.2 Å². The van der Waals surface area contributed by atoms with Gasteiger partial charge in [-0.1, -0.05) is 31.9 Å². The minimum Gasteiger partial charge on any atom is -0.467 e. The highest BCUT2D eigenvalue weighted by atomic mass is 16.6. The molecule has 3 rings (SSSR count). The van der Waals surface area contributed by atoms with Crippen molar-refractivity contribution in [2.45, 2.75) is 95.9 Å². The first-order valence-corrected chi connectivity index (χ1v) is 11.6. The van der Waals surface area contributed by atoms with Gasteiger partial charge in [-0.25, -0.2) is 9.59 Å². The maximum Gasteiger partial charge on any atom is 0.408 e. The van der Waals surface area contributed by atoms with Gasteiger partial charge >= 0.3 is 12.1 Å². The van der Waals surface area contributed by atoms with Gasteiger partial charge in [0.15, 0.2) is 0 Å².